The molecule has 1 saturated heterocycles. The molecule has 1 atom stereocenters. The van der Waals surface area contributed by atoms with Gasteiger partial charge in [-0.05, 0) is 70.3 Å². The van der Waals surface area contributed by atoms with E-state index in [1.807, 2.05) is 61.0 Å². The molecule has 0 saturated carbocycles. The molecule has 1 fully saturated rings. The number of carbonyl (C=O) groups is 1. The van der Waals surface area contributed by atoms with Gasteiger partial charge in [-0.15, -0.1) is 0 Å². The Morgan fingerprint density at radius 1 is 1.22 bits per heavy atom. The summed E-state index contributed by atoms with van der Waals surface area (Å²) in [6.45, 7) is 9.76. The Hall–Kier alpha value is -3.10. The van der Waals surface area contributed by atoms with Crippen LogP contribution in [0.15, 0.2) is 47.5 Å². The average molecular weight is 495 g/mol. The fourth-order valence-corrected chi connectivity index (χ4v) is 4.84. The third-order valence-corrected chi connectivity index (χ3v) is 6.55. The van der Waals surface area contributed by atoms with Crippen LogP contribution < -0.4 is 15.6 Å². The zero-order valence-corrected chi connectivity index (χ0v) is 21.8. The van der Waals surface area contributed by atoms with Crippen LogP contribution in [0.5, 0.6) is 5.75 Å². The molecule has 0 spiro atoms. The summed E-state index contributed by atoms with van der Waals surface area (Å²) in [6, 6.07) is 9.52. The fourth-order valence-electron chi connectivity index (χ4n) is 4.84. The van der Waals surface area contributed by atoms with Crippen LogP contribution in [0.1, 0.15) is 39.2 Å². The van der Waals surface area contributed by atoms with E-state index in [0.717, 1.165) is 56.6 Å². The second kappa shape index (κ2) is 11.8. The molecule has 4 rings (SSSR count). The highest BCUT2D eigenvalue weighted by Crippen LogP contribution is 2.24. The zero-order chi connectivity index (χ0) is 25.7. The Balaban J connectivity index is 1.57. The Labute approximate surface area is 212 Å². The summed E-state index contributed by atoms with van der Waals surface area (Å²) in [5.41, 5.74) is 3.02. The Kier molecular flexibility index (Phi) is 8.48. The van der Waals surface area contributed by atoms with E-state index in [2.05, 4.69) is 17.1 Å². The third-order valence-electron chi connectivity index (χ3n) is 6.55. The third kappa shape index (κ3) is 6.36. The molecule has 1 aliphatic rings. The average Bonchev–Trinajstić information content (AvgIpc) is 3.26. The van der Waals surface area contributed by atoms with Gasteiger partial charge in [0.05, 0.1) is 25.5 Å². The van der Waals surface area contributed by atoms with E-state index in [9.17, 15) is 9.59 Å². The number of fused-ring (bicyclic) bond motifs is 1. The number of carbonyl (C=O) groups excluding carboxylic acids is 1. The number of hydrogen-bond acceptors (Lipinski definition) is 5. The van der Waals surface area contributed by atoms with E-state index in [1.54, 1.807) is 11.7 Å². The SMILES string of the molecule is COc1cccc(-c2cn3cc(CCCCN4CCO[C@H](C)C4)cc3c(=O)n2CC(=O)NC(C)C)c1. The predicted octanol–water partition coefficient (Wildman–Crippen LogP) is 3.34. The molecule has 8 nitrogen and oxygen atoms in total. The molecule has 3 heterocycles. The molecule has 36 heavy (non-hydrogen) atoms. The molecule has 0 unspecified atom stereocenters. The monoisotopic (exact) mass is 494 g/mol. The van der Waals surface area contributed by atoms with Gasteiger partial charge in [-0.1, -0.05) is 12.1 Å². The summed E-state index contributed by atoms with van der Waals surface area (Å²) in [4.78, 5) is 28.7. The number of rotatable bonds is 10. The normalized spacial score (nSPS) is 16.5. The first-order valence-electron chi connectivity index (χ1n) is 12.9. The highest BCUT2D eigenvalue weighted by molar-refractivity contribution is 5.77. The maximum atomic E-state index is 13.6. The van der Waals surface area contributed by atoms with Gasteiger partial charge in [-0.3, -0.25) is 19.1 Å². The van der Waals surface area contributed by atoms with Crippen LogP contribution in [-0.4, -0.2) is 65.3 Å². The molecule has 1 aliphatic heterocycles. The molecule has 2 aromatic heterocycles. The van der Waals surface area contributed by atoms with E-state index >= 15 is 0 Å². The Bertz CT molecular complexity index is 1250. The van der Waals surface area contributed by atoms with Crippen LogP contribution >= 0.6 is 0 Å². The number of methoxy groups -OCH3 is 1. The van der Waals surface area contributed by atoms with Gasteiger partial charge < -0.3 is 19.2 Å². The van der Waals surface area contributed by atoms with Gasteiger partial charge in [0.15, 0.2) is 0 Å². The van der Waals surface area contributed by atoms with Crippen LogP contribution in [-0.2, 0) is 22.5 Å². The number of benzene rings is 1. The maximum Gasteiger partial charge on any atom is 0.275 e. The van der Waals surface area contributed by atoms with Crippen molar-refractivity contribution in [3.63, 3.8) is 0 Å². The summed E-state index contributed by atoms with van der Waals surface area (Å²) < 4.78 is 14.5. The summed E-state index contributed by atoms with van der Waals surface area (Å²) in [6.07, 6.45) is 7.34. The van der Waals surface area contributed by atoms with Crippen LogP contribution in [0.3, 0.4) is 0 Å². The molecule has 8 heteroatoms. The molecule has 194 valence electrons. The quantitative estimate of drug-likeness (QED) is 0.438. The Morgan fingerprint density at radius 2 is 2.06 bits per heavy atom. The number of hydrogen-bond donors (Lipinski definition) is 1. The largest absolute Gasteiger partial charge is 0.497 e. The number of nitrogens with one attached hydrogen (secondary N) is 1. The highest BCUT2D eigenvalue weighted by Gasteiger charge is 2.18. The number of nitrogens with zero attached hydrogens (tertiary/aromatic N) is 3. The van der Waals surface area contributed by atoms with Gasteiger partial charge in [0.2, 0.25) is 5.91 Å². The molecule has 1 amide bonds. The lowest BCUT2D eigenvalue weighted by molar-refractivity contribution is -0.122. The minimum atomic E-state index is -0.190. The first-order valence-corrected chi connectivity index (χ1v) is 12.9. The summed E-state index contributed by atoms with van der Waals surface area (Å²) in [5, 5.41) is 2.90. The standard InChI is InChI=1S/C28H38N4O4/c1-20(2)29-27(33)19-32-26(23-9-7-10-24(15-23)35-4)18-31-17-22(14-25(31)28(32)34)8-5-6-11-30-12-13-36-21(3)16-30/h7,9-10,14-15,17-18,20-21H,5-6,8,11-13,16,19H2,1-4H3,(H,29,33)/t21-/m1/s1. The van der Waals surface area contributed by atoms with Crippen molar-refractivity contribution >= 4 is 11.4 Å². The molecule has 0 bridgehead atoms. The van der Waals surface area contributed by atoms with Crippen molar-refractivity contribution in [2.24, 2.45) is 0 Å². The first kappa shape index (κ1) is 26.0. The second-order valence-electron chi connectivity index (χ2n) is 9.94. The number of amides is 1. The van der Waals surface area contributed by atoms with Gasteiger partial charge >= 0.3 is 0 Å². The predicted molar refractivity (Wildman–Crippen MR) is 142 cm³/mol. The summed E-state index contributed by atoms with van der Waals surface area (Å²) >= 11 is 0. The number of unbranched alkanes of at least 4 members (excludes halogenated alkanes) is 1. The first-order chi connectivity index (χ1) is 17.3. The Morgan fingerprint density at radius 3 is 2.81 bits per heavy atom. The molecule has 1 aromatic carbocycles. The molecule has 0 aliphatic carbocycles. The lowest BCUT2D eigenvalue weighted by atomic mass is 10.1. The topological polar surface area (TPSA) is 77.2 Å². The van der Waals surface area contributed by atoms with Gasteiger partial charge in [0.25, 0.3) is 5.56 Å². The maximum absolute atomic E-state index is 13.6. The van der Waals surface area contributed by atoms with E-state index in [1.165, 1.54) is 0 Å². The lowest BCUT2D eigenvalue weighted by Gasteiger charge is -2.30. The summed E-state index contributed by atoms with van der Waals surface area (Å²) in [5.74, 6) is 0.505. The number of ether oxygens (including phenoxy) is 2. The zero-order valence-electron chi connectivity index (χ0n) is 21.8. The minimum Gasteiger partial charge on any atom is -0.497 e. The lowest BCUT2D eigenvalue weighted by Crippen LogP contribution is -2.41. The van der Waals surface area contributed by atoms with Crippen LogP contribution in [0.2, 0.25) is 0 Å². The van der Waals surface area contributed by atoms with Gasteiger partial charge in [-0.2, -0.15) is 0 Å². The van der Waals surface area contributed by atoms with Crippen molar-refractivity contribution < 1.29 is 14.3 Å². The molecule has 1 N–H and O–H groups in total. The molecular formula is C28H38N4O4. The van der Waals surface area contributed by atoms with Crippen LogP contribution in [0, 0.1) is 0 Å². The van der Waals surface area contributed by atoms with Crippen molar-refractivity contribution in [2.75, 3.05) is 33.4 Å². The van der Waals surface area contributed by atoms with E-state index in [0.29, 0.717) is 23.1 Å². The van der Waals surface area contributed by atoms with Gasteiger partial charge in [0.1, 0.15) is 17.8 Å². The molecule has 3 aromatic rings. The molecule has 0 radical (unpaired) electrons. The van der Waals surface area contributed by atoms with Crippen molar-refractivity contribution in [3.05, 3.63) is 58.6 Å². The fraction of sp³-hybridized carbons (Fsp3) is 0.500. The van der Waals surface area contributed by atoms with Crippen molar-refractivity contribution in [3.8, 4) is 17.0 Å². The van der Waals surface area contributed by atoms with E-state index in [4.69, 9.17) is 9.47 Å². The van der Waals surface area contributed by atoms with Crippen LogP contribution in [0.4, 0.5) is 0 Å². The van der Waals surface area contributed by atoms with Gasteiger partial charge in [-0.25, -0.2) is 0 Å². The molecular weight excluding hydrogens is 456 g/mol. The van der Waals surface area contributed by atoms with Gasteiger partial charge in [0, 0.05) is 37.1 Å². The number of aryl methyl sites for hydroxylation is 1. The van der Waals surface area contributed by atoms with Crippen molar-refractivity contribution in [2.45, 2.75) is 58.7 Å². The number of aromatic nitrogens is 2. The van der Waals surface area contributed by atoms with Crippen molar-refractivity contribution in [1.82, 2.24) is 19.2 Å². The van der Waals surface area contributed by atoms with E-state index < -0.39 is 0 Å². The van der Waals surface area contributed by atoms with Crippen molar-refractivity contribution in [1.29, 1.82) is 0 Å². The smallest absolute Gasteiger partial charge is 0.275 e. The van der Waals surface area contributed by atoms with E-state index in [-0.39, 0.29) is 24.1 Å². The minimum absolute atomic E-state index is 0.00206. The van der Waals surface area contributed by atoms with Crippen LogP contribution in [0.25, 0.3) is 16.8 Å². The highest BCUT2D eigenvalue weighted by atomic mass is 16.5. The number of morpholine rings is 1. The summed E-state index contributed by atoms with van der Waals surface area (Å²) in [7, 11) is 1.61. The second-order valence-corrected chi connectivity index (χ2v) is 9.94.